The maximum absolute atomic E-state index is 12.4. The van der Waals surface area contributed by atoms with Gasteiger partial charge in [-0.25, -0.2) is 0 Å². The smallest absolute Gasteiger partial charge is 0.405 e. The summed E-state index contributed by atoms with van der Waals surface area (Å²) >= 11 is 0. The number of benzene rings is 2. The molecule has 2 rings (SSSR count). The zero-order valence-corrected chi connectivity index (χ0v) is 13.0. The molecule has 0 N–H and O–H groups in total. The summed E-state index contributed by atoms with van der Waals surface area (Å²) in [6, 6.07) is 10.7. The van der Waals surface area contributed by atoms with E-state index in [1.54, 1.807) is 0 Å². The number of ether oxygens (including phenoxy) is 1. The highest BCUT2D eigenvalue weighted by atomic mass is 19.4. The van der Waals surface area contributed by atoms with Crippen molar-refractivity contribution in [2.45, 2.75) is 12.9 Å². The third-order valence-corrected chi connectivity index (χ3v) is 3.28. The summed E-state index contributed by atoms with van der Waals surface area (Å²) < 4.78 is 41.3. The minimum absolute atomic E-state index is 0.120. The number of amides is 1. The molecule has 0 fully saturated rings. The van der Waals surface area contributed by atoms with Crippen molar-refractivity contribution in [2.24, 2.45) is 0 Å². The van der Waals surface area contributed by atoms with Gasteiger partial charge in [0.15, 0.2) is 0 Å². The Balaban J connectivity index is 2.25. The second kappa shape index (κ2) is 7.20. The van der Waals surface area contributed by atoms with E-state index in [1.165, 1.54) is 49.5 Å². The number of hydrogen-bond acceptors (Lipinski definition) is 4. The normalized spacial score (nSPS) is 11.0. The average molecular weight is 354 g/mol. The minimum atomic E-state index is -4.86. The molecule has 25 heavy (non-hydrogen) atoms. The molecule has 0 aromatic heterocycles. The second-order valence-electron chi connectivity index (χ2n) is 5.09. The molecule has 0 saturated heterocycles. The minimum Gasteiger partial charge on any atom is -0.405 e. The lowest BCUT2D eigenvalue weighted by molar-refractivity contribution is -0.385. The monoisotopic (exact) mass is 354 g/mol. The van der Waals surface area contributed by atoms with Gasteiger partial charge < -0.3 is 9.64 Å². The van der Waals surface area contributed by atoms with E-state index in [0.29, 0.717) is 0 Å². The number of nitrogens with zero attached hydrogens (tertiary/aromatic N) is 2. The first-order valence-electron chi connectivity index (χ1n) is 7.01. The molecule has 1 amide bonds. The van der Waals surface area contributed by atoms with Crippen molar-refractivity contribution in [3.05, 3.63) is 69.8 Å². The lowest BCUT2D eigenvalue weighted by atomic mass is 10.1. The van der Waals surface area contributed by atoms with Gasteiger partial charge in [0.05, 0.1) is 4.92 Å². The molecular formula is C16H13F3N2O4. The molecule has 0 unspecified atom stereocenters. The van der Waals surface area contributed by atoms with Gasteiger partial charge in [-0.05, 0) is 12.1 Å². The van der Waals surface area contributed by atoms with Gasteiger partial charge in [0.25, 0.3) is 11.6 Å². The first kappa shape index (κ1) is 18.2. The molecule has 2 aromatic carbocycles. The Morgan fingerprint density at radius 2 is 1.76 bits per heavy atom. The summed E-state index contributed by atoms with van der Waals surface area (Å²) in [4.78, 5) is 23.8. The van der Waals surface area contributed by atoms with Crippen LogP contribution in [0.15, 0.2) is 48.5 Å². The van der Waals surface area contributed by atoms with Gasteiger partial charge in [-0.15, -0.1) is 13.2 Å². The van der Waals surface area contributed by atoms with Crippen LogP contribution >= 0.6 is 0 Å². The third kappa shape index (κ3) is 4.69. The summed E-state index contributed by atoms with van der Waals surface area (Å²) in [5.74, 6) is -1.12. The number of alkyl halides is 3. The van der Waals surface area contributed by atoms with Crippen LogP contribution < -0.4 is 4.74 Å². The largest absolute Gasteiger partial charge is 0.573 e. The molecule has 0 aliphatic heterocycles. The van der Waals surface area contributed by atoms with E-state index in [9.17, 15) is 28.1 Å². The Morgan fingerprint density at radius 3 is 2.40 bits per heavy atom. The summed E-state index contributed by atoms with van der Waals surface area (Å²) in [5, 5.41) is 11.0. The van der Waals surface area contributed by atoms with E-state index < -0.39 is 22.9 Å². The lowest BCUT2D eigenvalue weighted by Gasteiger charge is -2.20. The number of para-hydroxylation sites is 2. The van der Waals surface area contributed by atoms with Crippen molar-refractivity contribution in [1.29, 1.82) is 0 Å². The Hall–Kier alpha value is -3.10. The van der Waals surface area contributed by atoms with Crippen LogP contribution in [0.1, 0.15) is 15.9 Å². The van der Waals surface area contributed by atoms with Crippen molar-refractivity contribution in [1.82, 2.24) is 4.90 Å². The molecule has 6 nitrogen and oxygen atoms in total. The molecule has 0 aliphatic rings. The molecule has 132 valence electrons. The molecule has 0 saturated carbocycles. The van der Waals surface area contributed by atoms with Crippen LogP contribution in [-0.4, -0.2) is 29.1 Å². The number of carbonyl (C=O) groups is 1. The van der Waals surface area contributed by atoms with Crippen molar-refractivity contribution in [3.63, 3.8) is 0 Å². The molecule has 0 bridgehead atoms. The Morgan fingerprint density at radius 1 is 1.16 bits per heavy atom. The third-order valence-electron chi connectivity index (χ3n) is 3.28. The fourth-order valence-corrected chi connectivity index (χ4v) is 2.21. The first-order chi connectivity index (χ1) is 11.7. The van der Waals surface area contributed by atoms with E-state index in [0.717, 1.165) is 11.0 Å². The highest BCUT2D eigenvalue weighted by Gasteiger charge is 2.32. The van der Waals surface area contributed by atoms with E-state index in [1.807, 2.05) is 0 Å². The number of nitro groups is 1. The predicted molar refractivity (Wildman–Crippen MR) is 82.0 cm³/mol. The van der Waals surface area contributed by atoms with E-state index in [2.05, 4.69) is 4.74 Å². The number of halogens is 3. The highest BCUT2D eigenvalue weighted by molar-refractivity contribution is 5.97. The van der Waals surface area contributed by atoms with Crippen molar-refractivity contribution >= 4 is 11.6 Å². The van der Waals surface area contributed by atoms with E-state index in [-0.39, 0.29) is 23.4 Å². The zero-order valence-electron chi connectivity index (χ0n) is 13.0. The van der Waals surface area contributed by atoms with Crippen molar-refractivity contribution in [3.8, 4) is 5.75 Å². The van der Waals surface area contributed by atoms with Crippen LogP contribution in [0, 0.1) is 10.1 Å². The topological polar surface area (TPSA) is 72.7 Å². The Kier molecular flexibility index (Phi) is 5.26. The Bertz CT molecular complexity index is 793. The van der Waals surface area contributed by atoms with E-state index >= 15 is 0 Å². The summed E-state index contributed by atoms with van der Waals surface area (Å²) in [5.41, 5.74) is -0.405. The average Bonchev–Trinajstić information content (AvgIpc) is 2.54. The van der Waals surface area contributed by atoms with Crippen molar-refractivity contribution < 1.29 is 27.6 Å². The van der Waals surface area contributed by atoms with Gasteiger partial charge in [-0.2, -0.15) is 0 Å². The molecule has 0 heterocycles. The van der Waals surface area contributed by atoms with Crippen LogP contribution in [0.5, 0.6) is 5.75 Å². The summed E-state index contributed by atoms with van der Waals surface area (Å²) in [6.45, 7) is -0.211. The number of rotatable bonds is 5. The van der Waals surface area contributed by atoms with Crippen LogP contribution in [0.3, 0.4) is 0 Å². The molecular weight excluding hydrogens is 341 g/mol. The van der Waals surface area contributed by atoms with Crippen LogP contribution in [0.2, 0.25) is 0 Å². The molecule has 0 aliphatic carbocycles. The number of nitro benzene ring substituents is 1. The SMILES string of the molecule is CN(Cc1ccccc1OC(F)(F)F)C(=O)c1ccccc1[N+](=O)[O-]. The molecule has 9 heteroatoms. The maximum Gasteiger partial charge on any atom is 0.573 e. The predicted octanol–water partition coefficient (Wildman–Crippen LogP) is 3.77. The second-order valence-corrected chi connectivity index (χ2v) is 5.09. The van der Waals surface area contributed by atoms with Gasteiger partial charge in [-0.3, -0.25) is 14.9 Å². The van der Waals surface area contributed by atoms with Crippen molar-refractivity contribution in [2.75, 3.05) is 7.05 Å². The fourth-order valence-electron chi connectivity index (χ4n) is 2.21. The maximum atomic E-state index is 12.4. The van der Waals surface area contributed by atoms with Crippen LogP contribution in [0.4, 0.5) is 18.9 Å². The summed E-state index contributed by atoms with van der Waals surface area (Å²) in [7, 11) is 1.34. The number of hydrogen-bond donors (Lipinski definition) is 0. The van der Waals surface area contributed by atoms with Crippen LogP contribution in [-0.2, 0) is 6.54 Å². The van der Waals surface area contributed by atoms with Crippen LogP contribution in [0.25, 0.3) is 0 Å². The quantitative estimate of drug-likeness (QED) is 0.605. The standard InChI is InChI=1S/C16H13F3N2O4/c1-20(15(22)12-7-3-4-8-13(12)21(23)24)10-11-6-2-5-9-14(11)25-16(17,18)19/h2-9H,10H2,1H3. The summed E-state index contributed by atoms with van der Waals surface area (Å²) in [6.07, 6.45) is -4.86. The first-order valence-corrected chi connectivity index (χ1v) is 7.01. The molecule has 0 spiro atoms. The Labute approximate surface area is 140 Å². The molecule has 2 aromatic rings. The zero-order chi connectivity index (χ0) is 18.6. The number of carbonyl (C=O) groups excluding carboxylic acids is 1. The lowest BCUT2D eigenvalue weighted by Crippen LogP contribution is -2.27. The van der Waals surface area contributed by atoms with Gasteiger partial charge >= 0.3 is 6.36 Å². The van der Waals surface area contributed by atoms with E-state index in [4.69, 9.17) is 0 Å². The fraction of sp³-hybridized carbons (Fsp3) is 0.188. The van der Waals surface area contributed by atoms with Gasteiger partial charge in [-0.1, -0.05) is 30.3 Å². The van der Waals surface area contributed by atoms with Gasteiger partial charge in [0.2, 0.25) is 0 Å². The molecule has 0 radical (unpaired) electrons. The van der Waals surface area contributed by atoms with Gasteiger partial charge in [0, 0.05) is 25.2 Å². The molecule has 0 atom stereocenters. The highest BCUT2D eigenvalue weighted by Crippen LogP contribution is 2.27. The van der Waals surface area contributed by atoms with Gasteiger partial charge in [0.1, 0.15) is 11.3 Å².